The lowest BCUT2D eigenvalue weighted by Crippen LogP contribution is -2.45. The van der Waals surface area contributed by atoms with Crippen LogP contribution >= 0.6 is 7.60 Å². The predicted molar refractivity (Wildman–Crippen MR) is 87.3 cm³/mol. The Labute approximate surface area is 139 Å². The molecule has 136 valence electrons. The molecule has 1 aromatic carbocycles. The molecule has 0 fully saturated rings. The number of nitrogens with zero attached hydrogens (tertiary/aromatic N) is 3. The first kappa shape index (κ1) is 18.8. The van der Waals surface area contributed by atoms with Gasteiger partial charge in [-0.15, -0.1) is 0 Å². The maximum Gasteiger partial charge on any atom is 0.345 e. The molecular formula is C12H15N4O8P. The fourth-order valence-corrected chi connectivity index (χ4v) is 2.85. The van der Waals surface area contributed by atoms with Gasteiger partial charge in [-0.25, -0.2) is 4.68 Å². The number of nitrogens with one attached hydrogen (secondary N) is 1. The Morgan fingerprint density at radius 1 is 1.28 bits per heavy atom. The molecule has 1 heterocycles. The minimum Gasteiger partial charge on any atom is -0.383 e. The standard InChI is InChI=1S/C12H15N4O8P/c1-24-5-4-13-15-10-6-8(16(19)20)2-3-9(10)14(7-25(21,22)23)11(17)12(15)18/h2-3,6,13H,4-5,7H2,1H3,(H2,21,22,23). The van der Waals surface area contributed by atoms with E-state index in [1.807, 2.05) is 0 Å². The predicted octanol–water partition coefficient (Wildman–Crippen LogP) is -0.603. The number of ether oxygens (including phenoxy) is 1. The van der Waals surface area contributed by atoms with E-state index in [-0.39, 0.29) is 29.9 Å². The van der Waals surface area contributed by atoms with Gasteiger partial charge in [0.15, 0.2) is 0 Å². The summed E-state index contributed by atoms with van der Waals surface area (Å²) in [5.41, 5.74) is -0.152. The Balaban J connectivity index is 2.80. The molecule has 2 aromatic rings. The van der Waals surface area contributed by atoms with Crippen molar-refractivity contribution in [2.75, 3.05) is 25.7 Å². The van der Waals surface area contributed by atoms with Crippen LogP contribution in [0, 0.1) is 10.1 Å². The first-order chi connectivity index (χ1) is 11.7. The molecule has 0 aliphatic carbocycles. The summed E-state index contributed by atoms with van der Waals surface area (Å²) in [6.07, 6.45) is -1.02. The summed E-state index contributed by atoms with van der Waals surface area (Å²) < 4.78 is 17.5. The SMILES string of the molecule is COCCNn1c(=O)c(=O)n(CP(=O)(O)O)c2ccc([N+](=O)[O-])cc21. The number of hydrogen-bond donors (Lipinski definition) is 3. The maximum atomic E-state index is 12.3. The van der Waals surface area contributed by atoms with Crippen molar-refractivity contribution in [1.82, 2.24) is 9.24 Å². The van der Waals surface area contributed by atoms with Crippen LogP contribution in [0.3, 0.4) is 0 Å². The number of rotatable bonds is 7. The van der Waals surface area contributed by atoms with Gasteiger partial charge in [-0.2, -0.15) is 0 Å². The van der Waals surface area contributed by atoms with Crippen LogP contribution in [-0.4, -0.2) is 44.2 Å². The van der Waals surface area contributed by atoms with Crippen LogP contribution in [0.25, 0.3) is 11.0 Å². The molecule has 0 bridgehead atoms. The molecule has 0 saturated carbocycles. The van der Waals surface area contributed by atoms with E-state index in [2.05, 4.69) is 5.43 Å². The smallest absolute Gasteiger partial charge is 0.345 e. The topological polar surface area (TPSA) is 166 Å². The third kappa shape index (κ3) is 4.12. The monoisotopic (exact) mass is 374 g/mol. The van der Waals surface area contributed by atoms with Crippen LogP contribution in [0.1, 0.15) is 0 Å². The van der Waals surface area contributed by atoms with E-state index in [1.54, 1.807) is 0 Å². The zero-order valence-electron chi connectivity index (χ0n) is 13.0. The van der Waals surface area contributed by atoms with E-state index in [0.29, 0.717) is 4.57 Å². The summed E-state index contributed by atoms with van der Waals surface area (Å²) in [5.74, 6) is 0. The molecule has 0 aliphatic heterocycles. The summed E-state index contributed by atoms with van der Waals surface area (Å²) in [6, 6.07) is 3.26. The molecule has 0 atom stereocenters. The quantitative estimate of drug-likeness (QED) is 0.188. The summed E-state index contributed by atoms with van der Waals surface area (Å²) in [6.45, 7) is 0.310. The van der Waals surface area contributed by atoms with Crippen molar-refractivity contribution in [2.45, 2.75) is 6.29 Å². The maximum absolute atomic E-state index is 12.3. The minimum absolute atomic E-state index is 0.0385. The van der Waals surface area contributed by atoms with Crippen molar-refractivity contribution < 1.29 is 24.0 Å². The third-order valence-corrected chi connectivity index (χ3v) is 3.89. The fourth-order valence-electron chi connectivity index (χ4n) is 2.20. The summed E-state index contributed by atoms with van der Waals surface area (Å²) in [5, 5.41) is 11.0. The minimum atomic E-state index is -4.67. The van der Waals surface area contributed by atoms with Crippen LogP contribution in [0.2, 0.25) is 0 Å². The van der Waals surface area contributed by atoms with Crippen molar-refractivity contribution in [1.29, 1.82) is 0 Å². The largest absolute Gasteiger partial charge is 0.383 e. The summed E-state index contributed by atoms with van der Waals surface area (Å²) >= 11 is 0. The molecule has 0 spiro atoms. The van der Waals surface area contributed by atoms with E-state index >= 15 is 0 Å². The average molecular weight is 374 g/mol. The van der Waals surface area contributed by atoms with Crippen molar-refractivity contribution in [3.05, 3.63) is 49.0 Å². The lowest BCUT2D eigenvalue weighted by molar-refractivity contribution is -0.384. The van der Waals surface area contributed by atoms with Gasteiger partial charge in [-0.1, -0.05) is 0 Å². The second-order valence-corrected chi connectivity index (χ2v) is 6.62. The van der Waals surface area contributed by atoms with E-state index in [9.17, 15) is 24.3 Å². The Kier molecular flexibility index (Phi) is 5.38. The van der Waals surface area contributed by atoms with Crippen LogP contribution in [-0.2, 0) is 15.6 Å². The highest BCUT2D eigenvalue weighted by Crippen LogP contribution is 2.36. The summed E-state index contributed by atoms with van der Waals surface area (Å²) in [7, 11) is -3.25. The van der Waals surface area contributed by atoms with Crippen LogP contribution < -0.4 is 16.5 Å². The van der Waals surface area contributed by atoms with Crippen molar-refractivity contribution in [3.63, 3.8) is 0 Å². The number of nitro groups is 1. The third-order valence-electron chi connectivity index (χ3n) is 3.23. The van der Waals surface area contributed by atoms with E-state index < -0.39 is 29.9 Å². The van der Waals surface area contributed by atoms with Crippen LogP contribution in [0.4, 0.5) is 5.69 Å². The second-order valence-electron chi connectivity index (χ2n) is 5.01. The molecule has 0 unspecified atom stereocenters. The van der Waals surface area contributed by atoms with Crippen LogP contribution in [0.15, 0.2) is 27.8 Å². The van der Waals surface area contributed by atoms with Gasteiger partial charge in [0, 0.05) is 19.2 Å². The van der Waals surface area contributed by atoms with Crippen molar-refractivity contribution in [3.8, 4) is 0 Å². The van der Waals surface area contributed by atoms with Crippen molar-refractivity contribution >= 4 is 24.3 Å². The zero-order valence-corrected chi connectivity index (χ0v) is 13.9. The first-order valence-corrected chi connectivity index (χ1v) is 8.67. The Hall–Kier alpha value is -2.53. The number of fused-ring (bicyclic) bond motifs is 1. The number of aromatic nitrogens is 2. The lowest BCUT2D eigenvalue weighted by atomic mass is 10.2. The molecule has 2 rings (SSSR count). The number of nitro benzene ring substituents is 1. The highest BCUT2D eigenvalue weighted by Gasteiger charge is 2.22. The van der Waals surface area contributed by atoms with Gasteiger partial charge in [0.1, 0.15) is 6.29 Å². The molecule has 25 heavy (non-hydrogen) atoms. The van der Waals surface area contributed by atoms with Crippen LogP contribution in [0.5, 0.6) is 0 Å². The Morgan fingerprint density at radius 3 is 2.52 bits per heavy atom. The highest BCUT2D eigenvalue weighted by molar-refractivity contribution is 7.50. The first-order valence-electron chi connectivity index (χ1n) is 6.87. The zero-order chi connectivity index (χ0) is 18.8. The fraction of sp³-hybridized carbons (Fsp3) is 0.333. The van der Waals surface area contributed by atoms with Gasteiger partial charge in [0.25, 0.3) is 5.69 Å². The Morgan fingerprint density at radius 2 is 1.96 bits per heavy atom. The highest BCUT2D eigenvalue weighted by atomic mass is 31.2. The number of hydrogen-bond acceptors (Lipinski definition) is 7. The van der Waals surface area contributed by atoms with Gasteiger partial charge in [-0.3, -0.25) is 28.8 Å². The number of methoxy groups -OCH3 is 1. The number of benzene rings is 1. The van der Waals surface area contributed by atoms with Gasteiger partial charge in [-0.05, 0) is 6.07 Å². The molecule has 12 nitrogen and oxygen atoms in total. The molecule has 0 aliphatic rings. The normalized spacial score (nSPS) is 11.6. The van der Waals surface area contributed by atoms with Gasteiger partial charge >= 0.3 is 18.7 Å². The molecule has 0 radical (unpaired) electrons. The molecule has 1 aromatic heterocycles. The van der Waals surface area contributed by atoms with E-state index in [4.69, 9.17) is 14.5 Å². The number of non-ortho nitro benzene ring substituents is 1. The van der Waals surface area contributed by atoms with E-state index in [0.717, 1.165) is 22.9 Å². The average Bonchev–Trinajstić information content (AvgIpc) is 2.53. The lowest BCUT2D eigenvalue weighted by Gasteiger charge is -2.16. The van der Waals surface area contributed by atoms with Gasteiger partial charge in [0.05, 0.1) is 29.1 Å². The molecular weight excluding hydrogens is 359 g/mol. The molecule has 0 amide bonds. The molecule has 13 heteroatoms. The molecule has 3 N–H and O–H groups in total. The van der Waals surface area contributed by atoms with Crippen molar-refractivity contribution in [2.24, 2.45) is 0 Å². The second kappa shape index (κ2) is 7.15. The van der Waals surface area contributed by atoms with E-state index in [1.165, 1.54) is 7.11 Å². The van der Waals surface area contributed by atoms with Gasteiger partial charge in [0.2, 0.25) is 0 Å². The Bertz CT molecular complexity index is 975. The molecule has 0 saturated heterocycles. The summed E-state index contributed by atoms with van der Waals surface area (Å²) in [4.78, 5) is 53.0. The van der Waals surface area contributed by atoms with Gasteiger partial charge < -0.3 is 19.9 Å².